The lowest BCUT2D eigenvalue weighted by molar-refractivity contribution is -0.122. The molecule has 2 heterocycles. The zero-order valence-electron chi connectivity index (χ0n) is 14.7. The van der Waals surface area contributed by atoms with E-state index >= 15 is 0 Å². The van der Waals surface area contributed by atoms with Crippen LogP contribution in [0.15, 0.2) is 42.5 Å². The number of aryl methyl sites for hydroxylation is 1. The van der Waals surface area contributed by atoms with Gasteiger partial charge in [0.2, 0.25) is 17.7 Å². The lowest BCUT2D eigenvalue weighted by atomic mass is 10.1. The maximum Gasteiger partial charge on any atom is 0.230 e. The smallest absolute Gasteiger partial charge is 0.230 e. The van der Waals surface area contributed by atoms with Gasteiger partial charge in [0.25, 0.3) is 0 Å². The van der Waals surface area contributed by atoms with E-state index in [1.165, 1.54) is 6.92 Å². The van der Waals surface area contributed by atoms with Crippen molar-refractivity contribution in [2.24, 2.45) is 5.92 Å². The molecule has 0 saturated carbocycles. The number of hydrogen-bond donors (Lipinski definition) is 2. The molecule has 0 spiro atoms. The molecule has 0 aliphatic carbocycles. The van der Waals surface area contributed by atoms with E-state index in [1.54, 1.807) is 35.2 Å². The van der Waals surface area contributed by atoms with Crippen LogP contribution in [0.25, 0.3) is 0 Å². The van der Waals surface area contributed by atoms with E-state index in [0.717, 1.165) is 5.69 Å². The first-order valence-corrected chi connectivity index (χ1v) is 8.35. The van der Waals surface area contributed by atoms with Crippen molar-refractivity contribution in [1.82, 2.24) is 4.98 Å². The van der Waals surface area contributed by atoms with Gasteiger partial charge < -0.3 is 15.5 Å². The first kappa shape index (κ1) is 17.6. The van der Waals surface area contributed by atoms with E-state index in [-0.39, 0.29) is 24.1 Å². The van der Waals surface area contributed by atoms with Crippen LogP contribution in [-0.4, -0.2) is 29.3 Å². The summed E-state index contributed by atoms with van der Waals surface area (Å²) in [6.45, 7) is 3.60. The van der Waals surface area contributed by atoms with Crippen LogP contribution in [0.3, 0.4) is 0 Å². The van der Waals surface area contributed by atoms with Gasteiger partial charge >= 0.3 is 0 Å². The zero-order valence-corrected chi connectivity index (χ0v) is 14.7. The quantitative estimate of drug-likeness (QED) is 0.883. The zero-order chi connectivity index (χ0) is 18.7. The molecule has 1 fully saturated rings. The molecule has 134 valence electrons. The first-order chi connectivity index (χ1) is 12.4. The highest BCUT2D eigenvalue weighted by atomic mass is 16.2. The number of nitrogens with one attached hydrogen (secondary N) is 2. The van der Waals surface area contributed by atoms with Crippen molar-refractivity contribution in [2.45, 2.75) is 20.3 Å². The Bertz CT molecular complexity index is 848. The van der Waals surface area contributed by atoms with Gasteiger partial charge in [0, 0.05) is 37.0 Å². The number of carbonyl (C=O) groups excluding carboxylic acids is 3. The minimum absolute atomic E-state index is 0.102. The van der Waals surface area contributed by atoms with Crippen LogP contribution in [0.2, 0.25) is 0 Å². The van der Waals surface area contributed by atoms with Gasteiger partial charge in [-0.05, 0) is 43.3 Å². The molecule has 0 unspecified atom stereocenters. The predicted octanol–water partition coefficient (Wildman–Crippen LogP) is 2.34. The lowest BCUT2D eigenvalue weighted by Crippen LogP contribution is -2.28. The molecular weight excluding hydrogens is 332 g/mol. The minimum atomic E-state index is -0.431. The summed E-state index contributed by atoms with van der Waals surface area (Å²) in [6, 6.07) is 12.4. The molecule has 1 aliphatic rings. The molecular formula is C19H20N4O3. The second-order valence-electron chi connectivity index (χ2n) is 6.29. The molecule has 2 N–H and O–H groups in total. The number of aromatic nitrogens is 1. The van der Waals surface area contributed by atoms with Gasteiger partial charge in [0.1, 0.15) is 5.82 Å². The molecule has 7 heteroatoms. The van der Waals surface area contributed by atoms with E-state index < -0.39 is 5.92 Å². The third-order valence-electron chi connectivity index (χ3n) is 4.13. The van der Waals surface area contributed by atoms with E-state index in [0.29, 0.717) is 23.7 Å². The van der Waals surface area contributed by atoms with Gasteiger partial charge in [0.15, 0.2) is 0 Å². The summed E-state index contributed by atoms with van der Waals surface area (Å²) in [4.78, 5) is 41.7. The Morgan fingerprint density at radius 3 is 2.50 bits per heavy atom. The van der Waals surface area contributed by atoms with Gasteiger partial charge in [-0.25, -0.2) is 4.98 Å². The Balaban J connectivity index is 1.66. The molecule has 7 nitrogen and oxygen atoms in total. The van der Waals surface area contributed by atoms with Gasteiger partial charge in [0.05, 0.1) is 5.92 Å². The fourth-order valence-electron chi connectivity index (χ4n) is 2.90. The van der Waals surface area contributed by atoms with Crippen LogP contribution in [0.1, 0.15) is 19.0 Å². The molecule has 1 aliphatic heterocycles. The molecule has 1 aromatic carbocycles. The third-order valence-corrected chi connectivity index (χ3v) is 4.13. The first-order valence-electron chi connectivity index (χ1n) is 8.35. The Kier molecular flexibility index (Phi) is 4.97. The monoisotopic (exact) mass is 352 g/mol. The molecule has 2 aromatic rings. The maximum atomic E-state index is 12.4. The summed E-state index contributed by atoms with van der Waals surface area (Å²) < 4.78 is 0. The van der Waals surface area contributed by atoms with Crippen molar-refractivity contribution in [3.63, 3.8) is 0 Å². The number of nitrogens with zero attached hydrogens (tertiary/aromatic N) is 2. The van der Waals surface area contributed by atoms with E-state index in [2.05, 4.69) is 15.6 Å². The minimum Gasteiger partial charge on any atom is -0.326 e. The van der Waals surface area contributed by atoms with Crippen molar-refractivity contribution in [3.05, 3.63) is 48.2 Å². The number of anilines is 3. The predicted molar refractivity (Wildman–Crippen MR) is 98.8 cm³/mol. The van der Waals surface area contributed by atoms with Crippen LogP contribution >= 0.6 is 0 Å². The van der Waals surface area contributed by atoms with Gasteiger partial charge in [-0.15, -0.1) is 0 Å². The van der Waals surface area contributed by atoms with Crippen molar-refractivity contribution < 1.29 is 14.4 Å². The molecule has 0 radical (unpaired) electrons. The van der Waals surface area contributed by atoms with Crippen LogP contribution < -0.4 is 15.5 Å². The normalized spacial score (nSPS) is 16.5. The van der Waals surface area contributed by atoms with Crippen LogP contribution in [0.5, 0.6) is 0 Å². The van der Waals surface area contributed by atoms with Crippen molar-refractivity contribution in [1.29, 1.82) is 0 Å². The fourth-order valence-corrected chi connectivity index (χ4v) is 2.90. The van der Waals surface area contributed by atoms with E-state index in [1.807, 2.05) is 19.1 Å². The maximum absolute atomic E-state index is 12.4. The van der Waals surface area contributed by atoms with Crippen molar-refractivity contribution in [2.75, 3.05) is 22.1 Å². The molecule has 1 aromatic heterocycles. The molecule has 1 saturated heterocycles. The topological polar surface area (TPSA) is 91.4 Å². The molecule has 1 atom stereocenters. The number of rotatable bonds is 4. The summed E-state index contributed by atoms with van der Waals surface area (Å²) in [6.07, 6.45) is 0.158. The molecule has 0 bridgehead atoms. The highest BCUT2D eigenvalue weighted by Gasteiger charge is 2.35. The number of amides is 3. The van der Waals surface area contributed by atoms with Gasteiger partial charge in [-0.3, -0.25) is 14.4 Å². The Labute approximate surface area is 151 Å². The summed E-state index contributed by atoms with van der Waals surface area (Å²) in [5.41, 5.74) is 2.17. The second kappa shape index (κ2) is 7.35. The third kappa shape index (κ3) is 4.05. The van der Waals surface area contributed by atoms with Crippen LogP contribution in [0.4, 0.5) is 17.2 Å². The van der Waals surface area contributed by atoms with Gasteiger partial charge in [-0.2, -0.15) is 0 Å². The Morgan fingerprint density at radius 2 is 1.85 bits per heavy atom. The van der Waals surface area contributed by atoms with E-state index in [9.17, 15) is 14.4 Å². The summed E-state index contributed by atoms with van der Waals surface area (Å²) in [5.74, 6) is -0.416. The average molecular weight is 352 g/mol. The van der Waals surface area contributed by atoms with Crippen molar-refractivity contribution >= 4 is 34.9 Å². The van der Waals surface area contributed by atoms with Crippen LogP contribution in [0, 0.1) is 12.8 Å². The lowest BCUT2D eigenvalue weighted by Gasteiger charge is -2.17. The van der Waals surface area contributed by atoms with Crippen LogP contribution in [-0.2, 0) is 14.4 Å². The summed E-state index contributed by atoms with van der Waals surface area (Å²) >= 11 is 0. The molecule has 26 heavy (non-hydrogen) atoms. The Morgan fingerprint density at radius 1 is 1.12 bits per heavy atom. The van der Waals surface area contributed by atoms with Gasteiger partial charge in [-0.1, -0.05) is 6.07 Å². The molecule has 3 amide bonds. The van der Waals surface area contributed by atoms with E-state index in [4.69, 9.17) is 0 Å². The Hall–Kier alpha value is -3.22. The highest BCUT2D eigenvalue weighted by molar-refractivity contribution is 6.03. The summed E-state index contributed by atoms with van der Waals surface area (Å²) in [7, 11) is 0. The SMILES string of the molecule is CC(=O)Nc1ccc(N2C[C@H](C(=O)Nc3cccc(C)n3)CC2=O)cc1. The standard InChI is InChI=1S/C19H20N4O3/c1-12-4-3-5-17(20-12)22-19(26)14-10-18(25)23(11-14)16-8-6-15(7-9-16)21-13(2)24/h3-9,14H,10-11H2,1-2H3,(H,21,24)(H,20,22,26)/t14-/m1/s1. The van der Waals surface area contributed by atoms with Crippen molar-refractivity contribution in [3.8, 4) is 0 Å². The highest BCUT2D eigenvalue weighted by Crippen LogP contribution is 2.27. The average Bonchev–Trinajstić information content (AvgIpc) is 2.97. The number of pyridine rings is 1. The number of carbonyl (C=O) groups is 3. The summed E-state index contributed by atoms with van der Waals surface area (Å²) in [5, 5.41) is 5.45. The molecule has 3 rings (SSSR count). The number of benzene rings is 1. The fraction of sp³-hybridized carbons (Fsp3) is 0.263. The largest absolute Gasteiger partial charge is 0.326 e. The number of hydrogen-bond acceptors (Lipinski definition) is 4. The second-order valence-corrected chi connectivity index (χ2v) is 6.29.